The van der Waals surface area contributed by atoms with Crippen molar-refractivity contribution in [3.05, 3.63) is 34.7 Å². The SMILES string of the molecule is COc1cccc(-c2csc(C)n2)c1. The van der Waals surface area contributed by atoms with Gasteiger partial charge in [0.1, 0.15) is 5.75 Å². The molecule has 0 aliphatic carbocycles. The van der Waals surface area contributed by atoms with Gasteiger partial charge in [0.05, 0.1) is 17.8 Å². The van der Waals surface area contributed by atoms with Crippen molar-refractivity contribution in [2.75, 3.05) is 7.11 Å². The number of nitrogens with zero attached hydrogens (tertiary/aromatic N) is 1. The molecule has 0 spiro atoms. The van der Waals surface area contributed by atoms with E-state index >= 15 is 0 Å². The van der Waals surface area contributed by atoms with Gasteiger partial charge in [0.15, 0.2) is 0 Å². The number of hydrogen-bond acceptors (Lipinski definition) is 3. The molecule has 0 saturated heterocycles. The van der Waals surface area contributed by atoms with Gasteiger partial charge in [-0.3, -0.25) is 0 Å². The van der Waals surface area contributed by atoms with Crippen LogP contribution in [0.15, 0.2) is 29.6 Å². The van der Waals surface area contributed by atoms with Crippen LogP contribution in [0.25, 0.3) is 11.3 Å². The number of ether oxygens (including phenoxy) is 1. The highest BCUT2D eigenvalue weighted by molar-refractivity contribution is 7.09. The first kappa shape index (κ1) is 9.21. The number of methoxy groups -OCH3 is 1. The molecule has 2 aromatic rings. The molecule has 14 heavy (non-hydrogen) atoms. The van der Waals surface area contributed by atoms with Crippen LogP contribution in [0.1, 0.15) is 5.01 Å². The normalized spacial score (nSPS) is 10.1. The van der Waals surface area contributed by atoms with Crippen LogP contribution < -0.4 is 4.74 Å². The summed E-state index contributed by atoms with van der Waals surface area (Å²) in [5.74, 6) is 0.869. The molecule has 0 fully saturated rings. The fraction of sp³-hybridized carbons (Fsp3) is 0.182. The van der Waals surface area contributed by atoms with E-state index in [1.54, 1.807) is 18.4 Å². The highest BCUT2D eigenvalue weighted by Crippen LogP contribution is 2.24. The Labute approximate surface area is 87.2 Å². The number of thiazole rings is 1. The zero-order chi connectivity index (χ0) is 9.97. The summed E-state index contributed by atoms with van der Waals surface area (Å²) in [6.07, 6.45) is 0. The number of benzene rings is 1. The van der Waals surface area contributed by atoms with Crippen LogP contribution in [0.2, 0.25) is 0 Å². The van der Waals surface area contributed by atoms with Crippen molar-refractivity contribution in [2.45, 2.75) is 6.92 Å². The van der Waals surface area contributed by atoms with E-state index in [0.29, 0.717) is 0 Å². The first-order chi connectivity index (χ1) is 6.79. The molecule has 72 valence electrons. The second kappa shape index (κ2) is 3.80. The van der Waals surface area contributed by atoms with Crippen molar-refractivity contribution in [2.24, 2.45) is 0 Å². The van der Waals surface area contributed by atoms with Gasteiger partial charge in [-0.25, -0.2) is 4.98 Å². The van der Waals surface area contributed by atoms with E-state index in [1.807, 2.05) is 31.2 Å². The zero-order valence-corrected chi connectivity index (χ0v) is 8.97. The van der Waals surface area contributed by atoms with Gasteiger partial charge < -0.3 is 4.74 Å². The lowest BCUT2D eigenvalue weighted by Gasteiger charge is -2.01. The van der Waals surface area contributed by atoms with Crippen molar-refractivity contribution in [1.29, 1.82) is 0 Å². The Bertz CT molecular complexity index is 436. The second-order valence-electron chi connectivity index (χ2n) is 2.98. The van der Waals surface area contributed by atoms with Gasteiger partial charge in [0.25, 0.3) is 0 Å². The summed E-state index contributed by atoms with van der Waals surface area (Å²) in [6, 6.07) is 7.94. The van der Waals surface area contributed by atoms with E-state index in [4.69, 9.17) is 4.74 Å². The van der Waals surface area contributed by atoms with Gasteiger partial charge in [-0.1, -0.05) is 12.1 Å². The van der Waals surface area contributed by atoms with Gasteiger partial charge in [-0.2, -0.15) is 0 Å². The summed E-state index contributed by atoms with van der Waals surface area (Å²) in [5.41, 5.74) is 2.13. The van der Waals surface area contributed by atoms with Gasteiger partial charge in [0, 0.05) is 10.9 Å². The molecule has 1 aromatic heterocycles. The molecule has 3 heteroatoms. The Hall–Kier alpha value is -1.35. The average Bonchev–Trinajstić information content (AvgIpc) is 2.65. The van der Waals surface area contributed by atoms with E-state index < -0.39 is 0 Å². The molecule has 0 radical (unpaired) electrons. The minimum absolute atomic E-state index is 0.869. The molecule has 1 heterocycles. The maximum absolute atomic E-state index is 5.16. The van der Waals surface area contributed by atoms with Crippen molar-refractivity contribution in [3.8, 4) is 17.0 Å². The third-order valence-electron chi connectivity index (χ3n) is 1.98. The van der Waals surface area contributed by atoms with Crippen LogP contribution in [-0.4, -0.2) is 12.1 Å². The molecular weight excluding hydrogens is 194 g/mol. The number of hydrogen-bond donors (Lipinski definition) is 0. The van der Waals surface area contributed by atoms with E-state index in [2.05, 4.69) is 10.4 Å². The Morgan fingerprint density at radius 3 is 2.86 bits per heavy atom. The number of aromatic nitrogens is 1. The van der Waals surface area contributed by atoms with E-state index in [-0.39, 0.29) is 0 Å². The van der Waals surface area contributed by atoms with Gasteiger partial charge in [-0.15, -0.1) is 11.3 Å². The molecular formula is C11H11NOS. The Morgan fingerprint density at radius 2 is 2.21 bits per heavy atom. The second-order valence-corrected chi connectivity index (χ2v) is 4.05. The first-order valence-corrected chi connectivity index (χ1v) is 5.24. The third kappa shape index (κ3) is 1.77. The van der Waals surface area contributed by atoms with Crippen LogP contribution >= 0.6 is 11.3 Å². The lowest BCUT2D eigenvalue weighted by molar-refractivity contribution is 0.415. The van der Waals surface area contributed by atoms with Gasteiger partial charge >= 0.3 is 0 Å². The average molecular weight is 205 g/mol. The van der Waals surface area contributed by atoms with Gasteiger partial charge in [-0.05, 0) is 19.1 Å². The summed E-state index contributed by atoms with van der Waals surface area (Å²) >= 11 is 1.66. The third-order valence-corrected chi connectivity index (χ3v) is 2.76. The Balaban J connectivity index is 2.41. The standard InChI is InChI=1S/C11H11NOS/c1-8-12-11(7-14-8)9-4-3-5-10(6-9)13-2/h3-7H,1-2H3. The zero-order valence-electron chi connectivity index (χ0n) is 8.15. The molecule has 0 unspecified atom stereocenters. The molecule has 0 N–H and O–H groups in total. The summed E-state index contributed by atoms with van der Waals surface area (Å²) in [5, 5.41) is 3.15. The van der Waals surface area contributed by atoms with E-state index in [1.165, 1.54) is 0 Å². The molecule has 0 atom stereocenters. The summed E-state index contributed by atoms with van der Waals surface area (Å²) in [7, 11) is 1.67. The lowest BCUT2D eigenvalue weighted by atomic mass is 10.2. The van der Waals surface area contributed by atoms with Crippen LogP contribution in [-0.2, 0) is 0 Å². The quantitative estimate of drug-likeness (QED) is 0.751. The van der Waals surface area contributed by atoms with Crippen LogP contribution in [0.5, 0.6) is 5.75 Å². The van der Waals surface area contributed by atoms with Crippen molar-refractivity contribution < 1.29 is 4.74 Å². The maximum atomic E-state index is 5.16. The van der Waals surface area contributed by atoms with Crippen LogP contribution in [0.3, 0.4) is 0 Å². The molecule has 0 saturated carbocycles. The fourth-order valence-electron chi connectivity index (χ4n) is 1.28. The summed E-state index contributed by atoms with van der Waals surface area (Å²) in [4.78, 5) is 4.42. The first-order valence-electron chi connectivity index (χ1n) is 4.36. The summed E-state index contributed by atoms with van der Waals surface area (Å²) < 4.78 is 5.16. The number of rotatable bonds is 2. The van der Waals surface area contributed by atoms with Crippen molar-refractivity contribution in [1.82, 2.24) is 4.98 Å². The lowest BCUT2D eigenvalue weighted by Crippen LogP contribution is -1.83. The number of aryl methyl sites for hydroxylation is 1. The smallest absolute Gasteiger partial charge is 0.119 e. The summed E-state index contributed by atoms with van der Waals surface area (Å²) in [6.45, 7) is 2.01. The predicted octanol–water partition coefficient (Wildman–Crippen LogP) is 3.13. The molecule has 0 bridgehead atoms. The molecule has 2 rings (SSSR count). The predicted molar refractivity (Wildman–Crippen MR) is 58.8 cm³/mol. The van der Waals surface area contributed by atoms with Crippen LogP contribution in [0.4, 0.5) is 0 Å². The van der Waals surface area contributed by atoms with Crippen molar-refractivity contribution >= 4 is 11.3 Å². The fourth-order valence-corrected chi connectivity index (χ4v) is 1.90. The van der Waals surface area contributed by atoms with E-state index in [0.717, 1.165) is 22.0 Å². The molecule has 0 aliphatic rings. The van der Waals surface area contributed by atoms with E-state index in [9.17, 15) is 0 Å². The Morgan fingerprint density at radius 1 is 1.36 bits per heavy atom. The molecule has 0 amide bonds. The molecule has 0 aliphatic heterocycles. The largest absolute Gasteiger partial charge is 0.497 e. The minimum atomic E-state index is 0.869. The van der Waals surface area contributed by atoms with Crippen molar-refractivity contribution in [3.63, 3.8) is 0 Å². The Kier molecular flexibility index (Phi) is 2.50. The molecule has 1 aromatic carbocycles. The highest BCUT2D eigenvalue weighted by atomic mass is 32.1. The molecule has 2 nitrogen and oxygen atoms in total. The van der Waals surface area contributed by atoms with Crippen LogP contribution in [0, 0.1) is 6.92 Å². The maximum Gasteiger partial charge on any atom is 0.119 e. The highest BCUT2D eigenvalue weighted by Gasteiger charge is 2.02. The van der Waals surface area contributed by atoms with Gasteiger partial charge in [0.2, 0.25) is 0 Å². The monoisotopic (exact) mass is 205 g/mol. The topological polar surface area (TPSA) is 22.1 Å². The minimum Gasteiger partial charge on any atom is -0.497 e.